The van der Waals surface area contributed by atoms with Crippen LogP contribution in [-0.4, -0.2) is 43.3 Å². The smallest absolute Gasteiger partial charge is 0.264 e. The van der Waals surface area contributed by atoms with Crippen LogP contribution in [0.4, 0.5) is 5.69 Å². The maximum absolute atomic E-state index is 14.5. The lowest BCUT2D eigenvalue weighted by Crippen LogP contribution is -2.56. The van der Waals surface area contributed by atoms with Gasteiger partial charge in [0.05, 0.1) is 20.6 Å². The number of hydrogen-bond donors (Lipinski definition) is 1. The second-order valence-electron chi connectivity index (χ2n) is 11.5. The predicted octanol–water partition coefficient (Wildman–Crippen LogP) is 7.40. The van der Waals surface area contributed by atoms with Crippen molar-refractivity contribution in [1.29, 1.82) is 0 Å². The van der Waals surface area contributed by atoms with Gasteiger partial charge >= 0.3 is 0 Å². The van der Waals surface area contributed by atoms with Gasteiger partial charge in [-0.2, -0.15) is 0 Å². The van der Waals surface area contributed by atoms with E-state index in [-0.39, 0.29) is 39.5 Å². The number of hydrogen-bond acceptors (Lipinski definition) is 4. The Balaban J connectivity index is 1.82. The van der Waals surface area contributed by atoms with Crippen molar-refractivity contribution in [3.63, 3.8) is 0 Å². The van der Waals surface area contributed by atoms with Crippen LogP contribution in [0.25, 0.3) is 0 Å². The van der Waals surface area contributed by atoms with Gasteiger partial charge in [-0.1, -0.05) is 95.5 Å². The average molecular weight is 687 g/mol. The summed E-state index contributed by atoms with van der Waals surface area (Å²) in [5, 5.41) is 3.88. The van der Waals surface area contributed by atoms with E-state index in [4.69, 9.17) is 34.8 Å². The van der Waals surface area contributed by atoms with Gasteiger partial charge in [0.25, 0.3) is 10.0 Å². The molecular weight excluding hydrogens is 653 g/mol. The number of sulfonamides is 1. The van der Waals surface area contributed by atoms with E-state index in [0.29, 0.717) is 10.6 Å². The molecule has 0 heterocycles. The van der Waals surface area contributed by atoms with Crippen molar-refractivity contribution in [3.8, 4) is 0 Å². The Bertz CT molecular complexity index is 1730. The number of benzene rings is 4. The van der Waals surface area contributed by atoms with Gasteiger partial charge < -0.3 is 10.2 Å². The lowest BCUT2D eigenvalue weighted by atomic mass is 10.0. The molecule has 4 aromatic rings. The van der Waals surface area contributed by atoms with E-state index < -0.39 is 34.1 Å². The zero-order valence-electron chi connectivity index (χ0n) is 25.1. The molecule has 0 spiro atoms. The minimum absolute atomic E-state index is 0.0144. The van der Waals surface area contributed by atoms with E-state index in [1.807, 2.05) is 51.1 Å². The summed E-state index contributed by atoms with van der Waals surface area (Å²) in [6.45, 7) is 4.97. The number of halogens is 3. The Kier molecular flexibility index (Phi) is 11.2. The molecule has 4 aromatic carbocycles. The van der Waals surface area contributed by atoms with E-state index in [0.717, 1.165) is 9.87 Å². The second-order valence-corrected chi connectivity index (χ2v) is 14.6. The van der Waals surface area contributed by atoms with E-state index in [1.165, 1.54) is 35.2 Å². The fraction of sp³-hybridized carbons (Fsp3) is 0.235. The van der Waals surface area contributed by atoms with Crippen LogP contribution in [0.2, 0.25) is 15.1 Å². The zero-order chi connectivity index (χ0) is 32.8. The quantitative estimate of drug-likeness (QED) is 0.178. The third-order valence-corrected chi connectivity index (χ3v) is 9.62. The first kappa shape index (κ1) is 34.3. The Morgan fingerprint density at radius 2 is 1.38 bits per heavy atom. The van der Waals surface area contributed by atoms with E-state index in [1.54, 1.807) is 42.5 Å². The Hall–Kier alpha value is -3.56. The summed E-state index contributed by atoms with van der Waals surface area (Å²) in [5.41, 5.74) is 1.09. The monoisotopic (exact) mass is 685 g/mol. The maximum Gasteiger partial charge on any atom is 0.264 e. The van der Waals surface area contributed by atoms with Crippen molar-refractivity contribution >= 4 is 62.3 Å². The summed E-state index contributed by atoms with van der Waals surface area (Å²) in [4.78, 5) is 29.8. The van der Waals surface area contributed by atoms with Crippen molar-refractivity contribution < 1.29 is 18.0 Å². The lowest BCUT2D eigenvalue weighted by Gasteiger charge is -2.35. The van der Waals surface area contributed by atoms with Gasteiger partial charge in [-0.15, -0.1) is 0 Å². The molecule has 1 atom stereocenters. The van der Waals surface area contributed by atoms with Gasteiger partial charge in [0, 0.05) is 23.5 Å². The number of carbonyl (C=O) groups is 2. The molecule has 0 aliphatic rings. The first-order chi connectivity index (χ1) is 21.2. The van der Waals surface area contributed by atoms with Gasteiger partial charge in [-0.25, -0.2) is 8.42 Å². The summed E-state index contributed by atoms with van der Waals surface area (Å²) in [5.74, 6) is -0.971. The molecule has 0 saturated carbocycles. The molecule has 7 nitrogen and oxygen atoms in total. The van der Waals surface area contributed by atoms with Gasteiger partial charge in [0.15, 0.2) is 0 Å². The van der Waals surface area contributed by atoms with Crippen LogP contribution in [0.1, 0.15) is 31.9 Å². The predicted molar refractivity (Wildman–Crippen MR) is 181 cm³/mol. The molecule has 0 aromatic heterocycles. The molecule has 0 saturated heterocycles. The van der Waals surface area contributed by atoms with Crippen LogP contribution in [0, 0.1) is 0 Å². The number of carbonyl (C=O) groups excluding carboxylic acids is 2. The molecule has 1 unspecified atom stereocenters. The molecule has 0 aliphatic carbocycles. The Labute approximate surface area is 279 Å². The van der Waals surface area contributed by atoms with Crippen molar-refractivity contribution in [2.75, 3.05) is 10.8 Å². The minimum atomic E-state index is -4.26. The molecule has 4 rings (SSSR count). The highest BCUT2D eigenvalue weighted by Crippen LogP contribution is 2.31. The van der Waals surface area contributed by atoms with Crippen LogP contribution in [-0.2, 0) is 32.6 Å². The topological polar surface area (TPSA) is 86.8 Å². The van der Waals surface area contributed by atoms with Crippen LogP contribution in [0.15, 0.2) is 108 Å². The van der Waals surface area contributed by atoms with Crippen molar-refractivity contribution in [2.45, 2.75) is 50.2 Å². The fourth-order valence-electron chi connectivity index (χ4n) is 4.68. The normalized spacial score (nSPS) is 12.3. The Morgan fingerprint density at radius 3 is 1.96 bits per heavy atom. The lowest BCUT2D eigenvalue weighted by molar-refractivity contribution is -0.140. The number of anilines is 1. The second kappa shape index (κ2) is 14.7. The van der Waals surface area contributed by atoms with Crippen LogP contribution in [0.3, 0.4) is 0 Å². The van der Waals surface area contributed by atoms with E-state index >= 15 is 0 Å². The third kappa shape index (κ3) is 9.23. The molecule has 2 amide bonds. The standard InChI is InChI=1S/C34H34Cl3N3O4S/c1-34(2,3)38-33(42)31(20-24-10-6-4-7-11-24)39(22-25-14-16-26(35)17-15-25)32(41)23-40(27-18-19-29(36)30(37)21-27)45(43,44)28-12-8-5-9-13-28/h4-19,21,31H,20,22-23H2,1-3H3,(H,38,42). The summed E-state index contributed by atoms with van der Waals surface area (Å²) in [6, 6.07) is 27.4. The summed E-state index contributed by atoms with van der Waals surface area (Å²) in [7, 11) is -4.26. The summed E-state index contributed by atoms with van der Waals surface area (Å²) < 4.78 is 29.1. The summed E-state index contributed by atoms with van der Waals surface area (Å²) >= 11 is 18.6. The average Bonchev–Trinajstić information content (AvgIpc) is 3.00. The van der Waals surface area contributed by atoms with Crippen LogP contribution in [0.5, 0.6) is 0 Å². The molecule has 0 bridgehead atoms. The maximum atomic E-state index is 14.5. The van der Waals surface area contributed by atoms with E-state index in [2.05, 4.69) is 5.32 Å². The van der Waals surface area contributed by atoms with Crippen LogP contribution < -0.4 is 9.62 Å². The SMILES string of the molecule is CC(C)(C)NC(=O)C(Cc1ccccc1)N(Cc1ccc(Cl)cc1)C(=O)CN(c1ccc(Cl)c(Cl)c1)S(=O)(=O)c1ccccc1. The number of nitrogens with one attached hydrogen (secondary N) is 1. The van der Waals surface area contributed by atoms with Gasteiger partial charge in [0.2, 0.25) is 11.8 Å². The van der Waals surface area contributed by atoms with Gasteiger partial charge in [0.1, 0.15) is 12.6 Å². The van der Waals surface area contributed by atoms with Gasteiger partial charge in [-0.3, -0.25) is 13.9 Å². The van der Waals surface area contributed by atoms with Crippen molar-refractivity contribution in [1.82, 2.24) is 10.2 Å². The Morgan fingerprint density at radius 1 is 0.778 bits per heavy atom. The molecular formula is C34H34Cl3N3O4S. The highest BCUT2D eigenvalue weighted by atomic mass is 35.5. The van der Waals surface area contributed by atoms with Crippen molar-refractivity contribution in [2.24, 2.45) is 0 Å². The number of rotatable bonds is 11. The molecule has 0 radical (unpaired) electrons. The first-order valence-corrected chi connectivity index (χ1v) is 16.7. The molecule has 45 heavy (non-hydrogen) atoms. The third-order valence-electron chi connectivity index (χ3n) is 6.84. The highest BCUT2D eigenvalue weighted by molar-refractivity contribution is 7.92. The number of amides is 2. The summed E-state index contributed by atoms with van der Waals surface area (Å²) in [6.07, 6.45) is 0.195. The number of nitrogens with zero attached hydrogens (tertiary/aromatic N) is 2. The molecule has 236 valence electrons. The largest absolute Gasteiger partial charge is 0.350 e. The minimum Gasteiger partial charge on any atom is -0.350 e. The molecule has 0 fully saturated rings. The van der Waals surface area contributed by atoms with E-state index in [9.17, 15) is 18.0 Å². The zero-order valence-corrected chi connectivity index (χ0v) is 28.2. The van der Waals surface area contributed by atoms with Gasteiger partial charge in [-0.05, 0) is 74.4 Å². The first-order valence-electron chi connectivity index (χ1n) is 14.2. The van der Waals surface area contributed by atoms with Crippen LogP contribution >= 0.6 is 34.8 Å². The highest BCUT2D eigenvalue weighted by Gasteiger charge is 2.35. The molecule has 1 N–H and O–H groups in total. The van der Waals surface area contributed by atoms with Crippen molar-refractivity contribution in [3.05, 3.63) is 129 Å². The fourth-order valence-corrected chi connectivity index (χ4v) is 6.53. The molecule has 0 aliphatic heterocycles. The molecule has 11 heteroatoms.